The van der Waals surface area contributed by atoms with Gasteiger partial charge in [-0.15, -0.1) is 0 Å². The summed E-state index contributed by atoms with van der Waals surface area (Å²) in [6.45, 7) is 4.18. The number of hydrogen-bond acceptors (Lipinski definition) is 3. The van der Waals surface area contributed by atoms with Crippen molar-refractivity contribution < 1.29 is 9.84 Å². The Balaban J connectivity index is 2.65. The van der Waals surface area contributed by atoms with Crippen LogP contribution in [0.4, 0.5) is 0 Å². The zero-order valence-corrected chi connectivity index (χ0v) is 11.3. The quantitative estimate of drug-likeness (QED) is 0.789. The number of aryl methyl sites for hydroxylation is 2. The molecule has 0 radical (unpaired) electrons. The third-order valence-electron chi connectivity index (χ3n) is 3.11. The van der Waals surface area contributed by atoms with E-state index in [1.165, 1.54) is 0 Å². The van der Waals surface area contributed by atoms with Gasteiger partial charge in [0, 0.05) is 26.3 Å². The van der Waals surface area contributed by atoms with E-state index >= 15 is 0 Å². The van der Waals surface area contributed by atoms with Gasteiger partial charge in [0.05, 0.1) is 17.9 Å². The summed E-state index contributed by atoms with van der Waals surface area (Å²) in [5.41, 5.74) is 2.13. The van der Waals surface area contributed by atoms with Crippen LogP contribution in [0.5, 0.6) is 0 Å². The van der Waals surface area contributed by atoms with Crippen LogP contribution < -0.4 is 0 Å². The molecule has 4 nitrogen and oxygen atoms in total. The van der Waals surface area contributed by atoms with E-state index in [-0.39, 0.29) is 6.10 Å². The second kappa shape index (κ2) is 6.77. The molecule has 17 heavy (non-hydrogen) atoms. The number of nitrogens with zero attached hydrogens (tertiary/aromatic N) is 2. The molecule has 0 spiro atoms. The van der Waals surface area contributed by atoms with Crippen molar-refractivity contribution in [1.82, 2.24) is 9.78 Å². The van der Waals surface area contributed by atoms with Gasteiger partial charge in [-0.1, -0.05) is 20.3 Å². The molecule has 0 bridgehead atoms. The largest absolute Gasteiger partial charge is 0.390 e. The molecule has 4 heteroatoms. The van der Waals surface area contributed by atoms with Crippen LogP contribution in [0.15, 0.2) is 6.07 Å². The molecule has 98 valence electrons. The molecule has 1 aromatic heterocycles. The highest BCUT2D eigenvalue weighted by Crippen LogP contribution is 2.13. The molecule has 2 unspecified atom stereocenters. The lowest BCUT2D eigenvalue weighted by molar-refractivity contribution is -0.0166. The van der Waals surface area contributed by atoms with E-state index in [1.807, 2.05) is 11.7 Å². The van der Waals surface area contributed by atoms with Crippen molar-refractivity contribution in [2.45, 2.75) is 51.7 Å². The Kier molecular flexibility index (Phi) is 5.65. The number of rotatable bonds is 7. The van der Waals surface area contributed by atoms with Crippen molar-refractivity contribution in [3.8, 4) is 0 Å². The summed E-state index contributed by atoms with van der Waals surface area (Å²) in [6, 6.07) is 2.06. The van der Waals surface area contributed by atoms with Gasteiger partial charge in [0.2, 0.25) is 0 Å². The molecular formula is C13H24N2O2. The van der Waals surface area contributed by atoms with E-state index in [0.29, 0.717) is 6.42 Å². The summed E-state index contributed by atoms with van der Waals surface area (Å²) in [5, 5.41) is 14.5. The number of aliphatic hydroxyl groups excluding tert-OH is 1. The molecule has 0 saturated heterocycles. The van der Waals surface area contributed by atoms with Gasteiger partial charge in [0.25, 0.3) is 0 Å². The fraction of sp³-hybridized carbons (Fsp3) is 0.769. The minimum Gasteiger partial charge on any atom is -0.390 e. The van der Waals surface area contributed by atoms with Gasteiger partial charge in [0.1, 0.15) is 0 Å². The van der Waals surface area contributed by atoms with Gasteiger partial charge in [-0.2, -0.15) is 5.10 Å². The highest BCUT2D eigenvalue weighted by molar-refractivity contribution is 5.11. The number of aromatic nitrogens is 2. The molecule has 0 fully saturated rings. The number of ether oxygens (including phenoxy) is 1. The Morgan fingerprint density at radius 2 is 2.18 bits per heavy atom. The van der Waals surface area contributed by atoms with Crippen molar-refractivity contribution in [2.24, 2.45) is 7.05 Å². The third kappa shape index (κ3) is 3.82. The Hall–Kier alpha value is -0.870. The molecule has 0 aliphatic heterocycles. The van der Waals surface area contributed by atoms with E-state index in [1.54, 1.807) is 7.11 Å². The van der Waals surface area contributed by atoms with Crippen molar-refractivity contribution >= 4 is 0 Å². The van der Waals surface area contributed by atoms with Crippen molar-refractivity contribution in [3.05, 3.63) is 17.5 Å². The summed E-state index contributed by atoms with van der Waals surface area (Å²) >= 11 is 0. The van der Waals surface area contributed by atoms with E-state index in [9.17, 15) is 5.11 Å². The first-order chi connectivity index (χ1) is 8.12. The van der Waals surface area contributed by atoms with Gasteiger partial charge in [-0.3, -0.25) is 4.68 Å². The normalized spacial score (nSPS) is 14.9. The molecule has 0 saturated carbocycles. The maximum Gasteiger partial charge on any atom is 0.0856 e. The predicted octanol–water partition coefficient (Wildman–Crippen LogP) is 1.70. The van der Waals surface area contributed by atoms with Crippen molar-refractivity contribution in [2.75, 3.05) is 7.11 Å². The fourth-order valence-corrected chi connectivity index (χ4v) is 2.03. The van der Waals surface area contributed by atoms with Crippen LogP contribution >= 0.6 is 0 Å². The molecule has 2 atom stereocenters. The molecule has 1 rings (SSSR count). The molecule has 1 N–H and O–H groups in total. The predicted molar refractivity (Wildman–Crippen MR) is 68.0 cm³/mol. The standard InChI is InChI=1S/C13H24N2O2/c1-5-7-13(17-4)12(16)9-11-8-10(6-2)14-15(11)3/h8,12-13,16H,5-7,9H2,1-4H3. The Bertz CT molecular complexity index is 336. The number of aliphatic hydroxyl groups is 1. The average molecular weight is 240 g/mol. The molecule has 1 heterocycles. The zero-order chi connectivity index (χ0) is 12.8. The Labute approximate surface area is 104 Å². The fourth-order valence-electron chi connectivity index (χ4n) is 2.03. The smallest absolute Gasteiger partial charge is 0.0856 e. The van der Waals surface area contributed by atoms with Crippen LogP contribution in [-0.2, 0) is 24.6 Å². The monoisotopic (exact) mass is 240 g/mol. The van der Waals surface area contributed by atoms with Crippen LogP contribution in [0.3, 0.4) is 0 Å². The second-order valence-corrected chi connectivity index (χ2v) is 4.44. The van der Waals surface area contributed by atoms with E-state index < -0.39 is 6.10 Å². The minimum atomic E-state index is -0.458. The van der Waals surface area contributed by atoms with Gasteiger partial charge in [0.15, 0.2) is 0 Å². The maximum atomic E-state index is 10.1. The summed E-state index contributed by atoms with van der Waals surface area (Å²) in [7, 11) is 3.58. The molecule has 0 aliphatic rings. The third-order valence-corrected chi connectivity index (χ3v) is 3.11. The molecule has 1 aromatic rings. The van der Waals surface area contributed by atoms with Gasteiger partial charge in [-0.05, 0) is 18.9 Å². The summed E-state index contributed by atoms with van der Waals surface area (Å²) in [6.07, 6.45) is 2.88. The first kappa shape index (κ1) is 14.2. The van der Waals surface area contributed by atoms with E-state index in [4.69, 9.17) is 4.74 Å². The average Bonchev–Trinajstić information content (AvgIpc) is 2.67. The lowest BCUT2D eigenvalue weighted by atomic mass is 10.0. The summed E-state index contributed by atoms with van der Waals surface area (Å²) in [5.74, 6) is 0. The van der Waals surface area contributed by atoms with Crippen LogP contribution in [0, 0.1) is 0 Å². The summed E-state index contributed by atoms with van der Waals surface area (Å²) < 4.78 is 7.17. The lowest BCUT2D eigenvalue weighted by Gasteiger charge is -2.20. The first-order valence-electron chi connectivity index (χ1n) is 6.35. The number of hydrogen-bond donors (Lipinski definition) is 1. The lowest BCUT2D eigenvalue weighted by Crippen LogP contribution is -2.30. The Morgan fingerprint density at radius 3 is 2.65 bits per heavy atom. The van der Waals surface area contributed by atoms with Gasteiger partial charge >= 0.3 is 0 Å². The van der Waals surface area contributed by atoms with Crippen LogP contribution in [0.25, 0.3) is 0 Å². The first-order valence-corrected chi connectivity index (χ1v) is 6.35. The Morgan fingerprint density at radius 1 is 1.47 bits per heavy atom. The van der Waals surface area contributed by atoms with Gasteiger partial charge in [-0.25, -0.2) is 0 Å². The minimum absolute atomic E-state index is 0.0834. The van der Waals surface area contributed by atoms with Crippen LogP contribution in [0.1, 0.15) is 38.1 Å². The highest BCUT2D eigenvalue weighted by atomic mass is 16.5. The van der Waals surface area contributed by atoms with Crippen LogP contribution in [0.2, 0.25) is 0 Å². The molecular weight excluding hydrogens is 216 g/mol. The maximum absolute atomic E-state index is 10.1. The number of methoxy groups -OCH3 is 1. The van der Waals surface area contributed by atoms with Gasteiger partial charge < -0.3 is 9.84 Å². The second-order valence-electron chi connectivity index (χ2n) is 4.44. The van der Waals surface area contributed by atoms with Crippen molar-refractivity contribution in [3.63, 3.8) is 0 Å². The highest BCUT2D eigenvalue weighted by Gasteiger charge is 2.19. The SMILES string of the molecule is CCCC(OC)C(O)Cc1cc(CC)nn1C. The zero-order valence-electron chi connectivity index (χ0n) is 11.3. The van der Waals surface area contributed by atoms with E-state index in [2.05, 4.69) is 25.0 Å². The van der Waals surface area contributed by atoms with Crippen LogP contribution in [-0.4, -0.2) is 34.2 Å². The molecule has 0 amide bonds. The topological polar surface area (TPSA) is 47.3 Å². The molecule has 0 aromatic carbocycles. The molecule has 0 aliphatic carbocycles. The van der Waals surface area contributed by atoms with Crippen molar-refractivity contribution in [1.29, 1.82) is 0 Å². The summed E-state index contributed by atoms with van der Waals surface area (Å²) in [4.78, 5) is 0. The van der Waals surface area contributed by atoms with E-state index in [0.717, 1.165) is 30.7 Å².